The van der Waals surface area contributed by atoms with Crippen LogP contribution in [0.15, 0.2) is 12.4 Å². The molecule has 5 heteroatoms. The van der Waals surface area contributed by atoms with Crippen molar-refractivity contribution in [3.05, 3.63) is 18.2 Å². The van der Waals surface area contributed by atoms with Crippen molar-refractivity contribution in [3.63, 3.8) is 0 Å². The normalized spacial score (nSPS) is 11.6. The van der Waals surface area contributed by atoms with E-state index in [9.17, 15) is 9.36 Å². The highest BCUT2D eigenvalue weighted by Crippen LogP contribution is 2.35. The maximum absolute atomic E-state index is 11.5. The summed E-state index contributed by atoms with van der Waals surface area (Å²) in [4.78, 5) is 15.4. The summed E-state index contributed by atoms with van der Waals surface area (Å²) in [5.74, 6) is 0.227. The van der Waals surface area contributed by atoms with Crippen LogP contribution in [-0.4, -0.2) is 34.8 Å². The summed E-state index contributed by atoms with van der Waals surface area (Å²) >= 11 is 0. The van der Waals surface area contributed by atoms with E-state index in [1.165, 1.54) is 0 Å². The van der Waals surface area contributed by atoms with Crippen LogP contribution >= 0.6 is 7.14 Å². The van der Waals surface area contributed by atoms with Crippen LogP contribution in [0.2, 0.25) is 0 Å². The molecule has 0 radical (unpaired) electrons. The van der Waals surface area contributed by atoms with E-state index in [4.69, 9.17) is 0 Å². The van der Waals surface area contributed by atoms with Gasteiger partial charge in [0.25, 0.3) is 0 Å². The quantitative estimate of drug-likeness (QED) is 0.544. The first-order chi connectivity index (χ1) is 5.90. The molecule has 0 bridgehead atoms. The lowest BCUT2D eigenvalue weighted by molar-refractivity contribution is 0.100. The summed E-state index contributed by atoms with van der Waals surface area (Å²) in [7, 11) is -0.539. The second-order valence-corrected chi connectivity index (χ2v) is 6.98. The maximum Gasteiger partial charge on any atom is 0.205 e. The topological polar surface area (TPSA) is 52.0 Å². The summed E-state index contributed by atoms with van der Waals surface area (Å²) in [5.41, 5.74) is 0. The van der Waals surface area contributed by atoms with Gasteiger partial charge in [-0.2, -0.15) is 0 Å². The molecule has 0 fully saturated rings. The predicted molar refractivity (Wildman–Crippen MR) is 51.9 cm³/mol. The standard InChI is InChI=1S/C8H13N2O2P/c1-10-5-4-9-8(10)7(11)6-13(2,3)12/h4-5H,6H2,1-3H3. The third kappa shape index (κ3) is 2.81. The van der Waals surface area contributed by atoms with Crippen molar-refractivity contribution in [2.45, 2.75) is 0 Å². The molecule has 0 saturated heterocycles. The van der Waals surface area contributed by atoms with Gasteiger partial charge in [-0.1, -0.05) is 0 Å². The van der Waals surface area contributed by atoms with Crippen molar-refractivity contribution >= 4 is 12.9 Å². The minimum Gasteiger partial charge on any atom is -0.332 e. The molecule has 0 spiro atoms. The van der Waals surface area contributed by atoms with Gasteiger partial charge in [-0.25, -0.2) is 4.98 Å². The second kappa shape index (κ2) is 3.46. The molecule has 0 aliphatic heterocycles. The number of Topliss-reactive ketones (excluding diaryl/α,β-unsaturated/α-hetero) is 1. The lowest BCUT2D eigenvalue weighted by atomic mass is 10.4. The molecule has 72 valence electrons. The van der Waals surface area contributed by atoms with Gasteiger partial charge in [-0.3, -0.25) is 4.79 Å². The number of carbonyl (C=O) groups excluding carboxylic acids is 1. The molecule has 0 atom stereocenters. The van der Waals surface area contributed by atoms with E-state index in [0.717, 1.165) is 0 Å². The molecule has 4 nitrogen and oxygen atoms in total. The minimum atomic E-state index is -2.29. The van der Waals surface area contributed by atoms with Crippen LogP contribution in [0.5, 0.6) is 0 Å². The molecule has 0 aromatic carbocycles. The summed E-state index contributed by atoms with van der Waals surface area (Å²) in [6.45, 7) is 3.21. The zero-order valence-corrected chi connectivity index (χ0v) is 8.91. The van der Waals surface area contributed by atoms with E-state index in [-0.39, 0.29) is 11.9 Å². The Bertz CT molecular complexity index is 364. The Morgan fingerprint density at radius 1 is 1.62 bits per heavy atom. The third-order valence-electron chi connectivity index (χ3n) is 1.59. The molecule has 0 N–H and O–H groups in total. The Kier molecular flexibility index (Phi) is 2.71. The van der Waals surface area contributed by atoms with Gasteiger partial charge in [0.05, 0.1) is 13.3 Å². The van der Waals surface area contributed by atoms with Crippen LogP contribution < -0.4 is 0 Å². The maximum atomic E-state index is 11.5. The van der Waals surface area contributed by atoms with Gasteiger partial charge in [0.15, 0.2) is 5.82 Å². The van der Waals surface area contributed by atoms with Crippen molar-refractivity contribution in [3.8, 4) is 0 Å². The van der Waals surface area contributed by atoms with E-state index in [2.05, 4.69) is 4.98 Å². The number of imidazole rings is 1. The lowest BCUT2D eigenvalue weighted by Gasteiger charge is -2.04. The predicted octanol–water partition coefficient (Wildman–Crippen LogP) is 1.23. The Balaban J connectivity index is 2.82. The number of hydrogen-bond donors (Lipinski definition) is 0. The van der Waals surface area contributed by atoms with E-state index in [0.29, 0.717) is 5.82 Å². The van der Waals surface area contributed by atoms with Crippen LogP contribution in [0.3, 0.4) is 0 Å². The summed E-state index contributed by atoms with van der Waals surface area (Å²) in [5, 5.41) is 0. The molecule has 1 aromatic heterocycles. The SMILES string of the molecule is Cn1ccnc1C(=O)CP(C)(C)=O. The fourth-order valence-corrected chi connectivity index (χ4v) is 1.88. The first-order valence-corrected chi connectivity index (χ1v) is 6.73. The Labute approximate surface area is 77.3 Å². The lowest BCUT2D eigenvalue weighted by Crippen LogP contribution is -2.11. The zero-order chi connectivity index (χ0) is 10.1. The van der Waals surface area contributed by atoms with Gasteiger partial charge in [-0.05, 0) is 13.3 Å². The van der Waals surface area contributed by atoms with Crippen molar-refractivity contribution in [1.82, 2.24) is 9.55 Å². The first kappa shape index (κ1) is 10.2. The summed E-state index contributed by atoms with van der Waals surface area (Å²) in [6.07, 6.45) is 3.35. The van der Waals surface area contributed by atoms with Gasteiger partial charge in [0, 0.05) is 19.4 Å². The van der Waals surface area contributed by atoms with Crippen molar-refractivity contribution < 1.29 is 9.36 Å². The number of aromatic nitrogens is 2. The fourth-order valence-electron chi connectivity index (χ4n) is 1.05. The molecular formula is C8H13N2O2P. The third-order valence-corrected chi connectivity index (χ3v) is 2.64. The average molecular weight is 200 g/mol. The molecule has 0 saturated carbocycles. The molecule has 1 aromatic rings. The summed E-state index contributed by atoms with van der Waals surface area (Å²) < 4.78 is 13.0. The molecule has 1 heterocycles. The molecule has 0 amide bonds. The first-order valence-electron chi connectivity index (χ1n) is 3.95. The highest BCUT2D eigenvalue weighted by atomic mass is 31.2. The molecule has 13 heavy (non-hydrogen) atoms. The van der Waals surface area contributed by atoms with E-state index in [1.807, 2.05) is 0 Å². The van der Waals surface area contributed by atoms with E-state index >= 15 is 0 Å². The van der Waals surface area contributed by atoms with Gasteiger partial charge in [0.2, 0.25) is 5.78 Å². The number of carbonyl (C=O) groups is 1. The fraction of sp³-hybridized carbons (Fsp3) is 0.500. The monoisotopic (exact) mass is 200 g/mol. The number of nitrogens with zero attached hydrogens (tertiary/aromatic N) is 2. The van der Waals surface area contributed by atoms with Gasteiger partial charge >= 0.3 is 0 Å². The van der Waals surface area contributed by atoms with Crippen molar-refractivity contribution in [1.29, 1.82) is 0 Å². The minimum absolute atomic E-state index is 0.0951. The Morgan fingerprint density at radius 2 is 2.23 bits per heavy atom. The summed E-state index contributed by atoms with van der Waals surface area (Å²) in [6, 6.07) is 0. The zero-order valence-electron chi connectivity index (χ0n) is 8.02. The van der Waals surface area contributed by atoms with E-state index in [1.54, 1.807) is 37.3 Å². The van der Waals surface area contributed by atoms with Crippen LogP contribution in [0, 0.1) is 0 Å². The average Bonchev–Trinajstić information content (AvgIpc) is 2.30. The molecule has 0 aliphatic rings. The highest BCUT2D eigenvalue weighted by molar-refractivity contribution is 7.63. The van der Waals surface area contributed by atoms with E-state index < -0.39 is 7.14 Å². The Hall–Kier alpha value is -0.890. The van der Waals surface area contributed by atoms with Gasteiger partial charge in [0.1, 0.15) is 0 Å². The van der Waals surface area contributed by atoms with Crippen LogP contribution in [-0.2, 0) is 11.6 Å². The largest absolute Gasteiger partial charge is 0.332 e. The highest BCUT2D eigenvalue weighted by Gasteiger charge is 2.18. The van der Waals surface area contributed by atoms with Crippen LogP contribution in [0.1, 0.15) is 10.6 Å². The number of hydrogen-bond acceptors (Lipinski definition) is 3. The molecule has 1 rings (SSSR count). The van der Waals surface area contributed by atoms with Crippen LogP contribution in [0.25, 0.3) is 0 Å². The second-order valence-electron chi connectivity index (χ2n) is 3.52. The number of rotatable bonds is 3. The smallest absolute Gasteiger partial charge is 0.205 e. The molecule has 0 unspecified atom stereocenters. The molecule has 0 aliphatic carbocycles. The van der Waals surface area contributed by atoms with Crippen molar-refractivity contribution in [2.75, 3.05) is 19.5 Å². The van der Waals surface area contributed by atoms with Gasteiger partial charge < -0.3 is 9.13 Å². The Morgan fingerprint density at radius 3 is 2.62 bits per heavy atom. The van der Waals surface area contributed by atoms with Crippen LogP contribution in [0.4, 0.5) is 0 Å². The molecular weight excluding hydrogens is 187 g/mol. The number of ketones is 1. The number of aryl methyl sites for hydroxylation is 1. The van der Waals surface area contributed by atoms with Gasteiger partial charge in [-0.15, -0.1) is 0 Å². The van der Waals surface area contributed by atoms with Crippen molar-refractivity contribution in [2.24, 2.45) is 7.05 Å².